The van der Waals surface area contributed by atoms with Gasteiger partial charge >= 0.3 is 0 Å². The van der Waals surface area contributed by atoms with Gasteiger partial charge in [0.25, 0.3) is 10.0 Å². The number of hydrogen-bond donors (Lipinski definition) is 2. The van der Waals surface area contributed by atoms with Gasteiger partial charge in [-0.25, -0.2) is 13.4 Å². The van der Waals surface area contributed by atoms with Crippen LogP contribution in [-0.4, -0.2) is 47.7 Å². The van der Waals surface area contributed by atoms with Crippen LogP contribution >= 0.6 is 0 Å². The third-order valence-electron chi connectivity index (χ3n) is 3.76. The lowest BCUT2D eigenvalue weighted by Crippen LogP contribution is -2.35. The number of imidazole rings is 1. The Morgan fingerprint density at radius 2 is 2.26 bits per heavy atom. The molecule has 3 rings (SSSR count). The summed E-state index contributed by atoms with van der Waals surface area (Å²) in [6.07, 6.45) is 2.44. The van der Waals surface area contributed by atoms with Crippen molar-refractivity contribution in [2.24, 2.45) is 5.92 Å². The first-order chi connectivity index (χ1) is 9.00. The quantitative estimate of drug-likeness (QED) is 0.781. The minimum atomic E-state index is -3.52. The Morgan fingerprint density at radius 1 is 1.47 bits per heavy atom. The molecule has 8 heteroatoms. The van der Waals surface area contributed by atoms with Crippen molar-refractivity contribution in [2.75, 3.05) is 13.1 Å². The molecule has 0 aromatic carbocycles. The minimum absolute atomic E-state index is 0.0156. The Labute approximate surface area is 111 Å². The number of rotatable bonds is 3. The summed E-state index contributed by atoms with van der Waals surface area (Å²) in [5, 5.41) is 2.95. The fourth-order valence-electron chi connectivity index (χ4n) is 2.70. The number of aryl methyl sites for hydroxylation is 1. The molecule has 19 heavy (non-hydrogen) atoms. The summed E-state index contributed by atoms with van der Waals surface area (Å²) in [6.45, 7) is 2.65. The number of aromatic amines is 1. The summed E-state index contributed by atoms with van der Waals surface area (Å²) in [7, 11) is -3.52. The maximum Gasteiger partial charge on any atom is 0.260 e. The van der Waals surface area contributed by atoms with Gasteiger partial charge in [0.2, 0.25) is 5.91 Å². The van der Waals surface area contributed by atoms with E-state index in [1.54, 1.807) is 0 Å². The van der Waals surface area contributed by atoms with Gasteiger partial charge in [0.15, 0.2) is 5.03 Å². The summed E-state index contributed by atoms with van der Waals surface area (Å²) in [6, 6.07) is -0.0455. The van der Waals surface area contributed by atoms with E-state index in [-0.39, 0.29) is 22.9 Å². The van der Waals surface area contributed by atoms with Gasteiger partial charge in [-0.1, -0.05) is 6.92 Å². The van der Waals surface area contributed by atoms with Crippen molar-refractivity contribution in [2.45, 2.75) is 30.8 Å². The second-order valence-corrected chi connectivity index (χ2v) is 6.91. The molecule has 3 heterocycles. The van der Waals surface area contributed by atoms with E-state index in [0.717, 1.165) is 0 Å². The largest absolute Gasteiger partial charge is 0.352 e. The molecule has 7 nitrogen and oxygen atoms in total. The topological polar surface area (TPSA) is 95.2 Å². The Balaban J connectivity index is 1.81. The number of carbonyl (C=O) groups is 1. The highest BCUT2D eigenvalue weighted by atomic mass is 32.2. The highest BCUT2D eigenvalue weighted by Crippen LogP contribution is 2.29. The van der Waals surface area contributed by atoms with Gasteiger partial charge in [0.05, 0.1) is 6.20 Å². The maximum atomic E-state index is 12.4. The van der Waals surface area contributed by atoms with E-state index >= 15 is 0 Å². The molecule has 104 valence electrons. The predicted molar refractivity (Wildman–Crippen MR) is 66.8 cm³/mol. The van der Waals surface area contributed by atoms with Crippen molar-refractivity contribution in [3.05, 3.63) is 12.0 Å². The molecule has 2 atom stereocenters. The van der Waals surface area contributed by atoms with Crippen molar-refractivity contribution >= 4 is 15.9 Å². The standard InChI is InChI=1S/C11H16N4O3S/c1-2-9-12-4-11(14-9)19(17,18)15-5-7-3-10(16)13-8(7)6-15/h4,7-8H,2-3,5-6H2,1H3,(H,12,14)(H,13,16)/t7-,8+/m0/s1. The molecule has 0 aliphatic carbocycles. The summed E-state index contributed by atoms with van der Waals surface area (Å²) >= 11 is 0. The first-order valence-electron chi connectivity index (χ1n) is 6.34. The van der Waals surface area contributed by atoms with E-state index in [4.69, 9.17) is 0 Å². The van der Waals surface area contributed by atoms with Crippen molar-refractivity contribution in [1.82, 2.24) is 19.6 Å². The molecule has 0 spiro atoms. The van der Waals surface area contributed by atoms with E-state index in [0.29, 0.717) is 31.8 Å². The van der Waals surface area contributed by atoms with Crippen molar-refractivity contribution < 1.29 is 13.2 Å². The number of sulfonamides is 1. The first-order valence-corrected chi connectivity index (χ1v) is 7.78. The smallest absolute Gasteiger partial charge is 0.260 e. The van der Waals surface area contributed by atoms with Gasteiger partial charge in [-0.05, 0) is 0 Å². The molecule has 1 aromatic rings. The highest BCUT2D eigenvalue weighted by molar-refractivity contribution is 7.89. The number of aromatic nitrogens is 2. The van der Waals surface area contributed by atoms with Crippen LogP contribution in [0.1, 0.15) is 19.2 Å². The third kappa shape index (κ3) is 2.04. The van der Waals surface area contributed by atoms with Crippen LogP contribution in [-0.2, 0) is 21.2 Å². The first kappa shape index (κ1) is 12.6. The molecule has 2 N–H and O–H groups in total. The Bertz CT molecular complexity index is 593. The molecule has 0 radical (unpaired) electrons. The zero-order valence-electron chi connectivity index (χ0n) is 10.6. The van der Waals surface area contributed by atoms with Gasteiger partial charge in [0, 0.05) is 37.9 Å². The van der Waals surface area contributed by atoms with E-state index < -0.39 is 10.0 Å². The summed E-state index contributed by atoms with van der Waals surface area (Å²) < 4.78 is 26.3. The fourth-order valence-corrected chi connectivity index (χ4v) is 4.15. The SMILES string of the molecule is CCc1ncc(S(=O)(=O)N2C[C@@H]3CC(=O)N[C@@H]3C2)[nH]1. The molecule has 2 fully saturated rings. The van der Waals surface area contributed by atoms with E-state index in [1.807, 2.05) is 6.92 Å². The van der Waals surface area contributed by atoms with Crippen LogP contribution in [0.4, 0.5) is 0 Å². The molecule has 2 saturated heterocycles. The van der Waals surface area contributed by atoms with Crippen molar-refractivity contribution in [1.29, 1.82) is 0 Å². The molecule has 2 aliphatic rings. The van der Waals surface area contributed by atoms with Crippen LogP contribution in [0.2, 0.25) is 0 Å². The molecule has 0 bridgehead atoms. The fraction of sp³-hybridized carbons (Fsp3) is 0.636. The summed E-state index contributed by atoms with van der Waals surface area (Å²) in [5.41, 5.74) is 0. The number of H-pyrrole nitrogens is 1. The van der Waals surface area contributed by atoms with Crippen LogP contribution in [0.5, 0.6) is 0 Å². The molecule has 0 unspecified atom stereocenters. The van der Waals surface area contributed by atoms with Crippen molar-refractivity contribution in [3.63, 3.8) is 0 Å². The van der Waals surface area contributed by atoms with Crippen LogP contribution in [0.25, 0.3) is 0 Å². The Kier molecular flexibility index (Phi) is 2.86. The van der Waals surface area contributed by atoms with E-state index in [2.05, 4.69) is 15.3 Å². The molecule has 0 saturated carbocycles. The molecule has 1 aromatic heterocycles. The number of fused-ring (bicyclic) bond motifs is 1. The van der Waals surface area contributed by atoms with Gasteiger partial charge in [-0.15, -0.1) is 0 Å². The second-order valence-electron chi connectivity index (χ2n) is 5.01. The number of nitrogens with one attached hydrogen (secondary N) is 2. The highest BCUT2D eigenvalue weighted by Gasteiger charge is 2.44. The molecule has 2 aliphatic heterocycles. The van der Waals surface area contributed by atoms with Crippen LogP contribution in [0.3, 0.4) is 0 Å². The number of hydrogen-bond acceptors (Lipinski definition) is 4. The second kappa shape index (κ2) is 4.31. The number of amides is 1. The average Bonchev–Trinajstić information content (AvgIpc) is 3.00. The van der Waals surface area contributed by atoms with Crippen LogP contribution in [0, 0.1) is 5.92 Å². The minimum Gasteiger partial charge on any atom is -0.352 e. The van der Waals surface area contributed by atoms with Gasteiger partial charge < -0.3 is 10.3 Å². The summed E-state index contributed by atoms with van der Waals surface area (Å²) in [5.74, 6) is 0.768. The average molecular weight is 284 g/mol. The van der Waals surface area contributed by atoms with E-state index in [1.165, 1.54) is 10.5 Å². The van der Waals surface area contributed by atoms with Gasteiger partial charge in [-0.3, -0.25) is 4.79 Å². The van der Waals surface area contributed by atoms with Gasteiger partial charge in [-0.2, -0.15) is 4.31 Å². The van der Waals surface area contributed by atoms with Crippen molar-refractivity contribution in [3.8, 4) is 0 Å². The Hall–Kier alpha value is -1.41. The lowest BCUT2D eigenvalue weighted by molar-refractivity contribution is -0.119. The Morgan fingerprint density at radius 3 is 2.89 bits per heavy atom. The summed E-state index contributed by atoms with van der Waals surface area (Å²) in [4.78, 5) is 18.1. The number of nitrogens with zero attached hydrogens (tertiary/aromatic N) is 2. The zero-order valence-corrected chi connectivity index (χ0v) is 11.4. The monoisotopic (exact) mass is 284 g/mol. The normalized spacial score (nSPS) is 27.5. The van der Waals surface area contributed by atoms with E-state index in [9.17, 15) is 13.2 Å². The van der Waals surface area contributed by atoms with Crippen LogP contribution < -0.4 is 5.32 Å². The third-order valence-corrected chi connectivity index (χ3v) is 5.50. The van der Waals surface area contributed by atoms with Gasteiger partial charge in [0.1, 0.15) is 5.82 Å². The van der Waals surface area contributed by atoms with Crippen LogP contribution in [0.15, 0.2) is 11.2 Å². The number of carbonyl (C=O) groups excluding carboxylic acids is 1. The molecular weight excluding hydrogens is 268 g/mol. The molecular formula is C11H16N4O3S. The predicted octanol–water partition coefficient (Wildman–Crippen LogP) is -0.519. The lowest BCUT2D eigenvalue weighted by atomic mass is 10.1. The zero-order chi connectivity index (χ0) is 13.6. The lowest BCUT2D eigenvalue weighted by Gasteiger charge is -2.15. The molecule has 1 amide bonds. The maximum absolute atomic E-state index is 12.4.